The summed E-state index contributed by atoms with van der Waals surface area (Å²) in [6.45, 7) is 0. The fourth-order valence-electron chi connectivity index (χ4n) is 2.08. The monoisotopic (exact) mass is 375 g/mol. The molecule has 0 bridgehead atoms. The van der Waals surface area contributed by atoms with Crippen LogP contribution in [0.2, 0.25) is 0 Å². The van der Waals surface area contributed by atoms with Crippen molar-refractivity contribution in [3.8, 4) is 0 Å². The smallest absolute Gasteiger partial charge is 0.271 e. The summed E-state index contributed by atoms with van der Waals surface area (Å²) in [5.74, 6) is -0.922. The lowest BCUT2D eigenvalue weighted by Gasteiger charge is -2.10. The summed E-state index contributed by atoms with van der Waals surface area (Å²) in [5, 5.41) is 0. The molecule has 1 aromatic heterocycles. The van der Waals surface area contributed by atoms with Crippen LogP contribution in [-0.4, -0.2) is 36.7 Å². The van der Waals surface area contributed by atoms with Gasteiger partial charge in [-0.25, -0.2) is 8.42 Å². The number of sulfone groups is 1. The first kappa shape index (κ1) is 15.9. The molecule has 0 aliphatic carbocycles. The molecule has 0 unspecified atom stereocenters. The van der Waals surface area contributed by atoms with E-state index >= 15 is 0 Å². The molecule has 7 nitrogen and oxygen atoms in total. The van der Waals surface area contributed by atoms with Crippen LogP contribution in [-0.2, 0) is 14.6 Å². The largest absolute Gasteiger partial charge is 0.273 e. The molecule has 0 aromatic carbocycles. The van der Waals surface area contributed by atoms with Gasteiger partial charge in [0.15, 0.2) is 9.84 Å². The van der Waals surface area contributed by atoms with Gasteiger partial charge in [0.25, 0.3) is 5.91 Å². The summed E-state index contributed by atoms with van der Waals surface area (Å²) in [6.07, 6.45) is 3.47. The molecule has 1 aliphatic rings. The number of pyridine rings is 1. The van der Waals surface area contributed by atoms with E-state index in [1.54, 1.807) is 6.07 Å². The van der Waals surface area contributed by atoms with E-state index in [1.165, 1.54) is 12.4 Å². The zero-order chi connectivity index (χ0) is 15.5. The summed E-state index contributed by atoms with van der Waals surface area (Å²) in [6, 6.07) is 1.57. The summed E-state index contributed by atoms with van der Waals surface area (Å²) in [4.78, 5) is 27.3. The number of carbonyl (C=O) groups excluding carboxylic acids is 2. The molecule has 0 spiro atoms. The first-order valence-corrected chi connectivity index (χ1v) is 8.87. The highest BCUT2D eigenvalue weighted by atomic mass is 79.9. The lowest BCUT2D eigenvalue weighted by Crippen LogP contribution is -2.42. The fourth-order valence-corrected chi connectivity index (χ4v) is 4.31. The highest BCUT2D eigenvalue weighted by Gasteiger charge is 2.29. The number of hydrogen-bond donors (Lipinski definition) is 2. The molecule has 9 heteroatoms. The minimum atomic E-state index is -3.00. The normalized spacial score (nSPS) is 20.0. The van der Waals surface area contributed by atoms with Gasteiger partial charge in [-0.15, -0.1) is 0 Å². The van der Waals surface area contributed by atoms with Gasteiger partial charge in [0, 0.05) is 23.3 Å². The second-order valence-electron chi connectivity index (χ2n) is 4.87. The van der Waals surface area contributed by atoms with Crippen molar-refractivity contribution in [2.75, 3.05) is 11.5 Å². The molecule has 2 heterocycles. The molecular weight excluding hydrogens is 362 g/mol. The number of aromatic nitrogens is 1. The molecule has 2 rings (SSSR count). The third-order valence-electron chi connectivity index (χ3n) is 3.08. The van der Waals surface area contributed by atoms with Crippen LogP contribution in [0.4, 0.5) is 0 Å². The van der Waals surface area contributed by atoms with Crippen molar-refractivity contribution in [2.45, 2.75) is 12.8 Å². The standard InChI is InChI=1S/C12H14BrN3O4S/c13-10-4-9(5-14-6-10)12(18)16-15-11(17)3-8-1-2-21(19,20)7-8/h4-6,8H,1-3,7H2,(H,15,17)(H,16,18)/t8-/m1/s1. The van der Waals surface area contributed by atoms with Crippen LogP contribution < -0.4 is 10.9 Å². The van der Waals surface area contributed by atoms with Gasteiger partial charge in [-0.3, -0.25) is 25.4 Å². The quantitative estimate of drug-likeness (QED) is 0.745. The lowest BCUT2D eigenvalue weighted by atomic mass is 10.1. The Kier molecular flexibility index (Phi) is 4.94. The molecule has 2 N–H and O–H groups in total. The number of nitrogens with one attached hydrogen (secondary N) is 2. The molecule has 1 aliphatic heterocycles. The molecule has 1 fully saturated rings. The Morgan fingerprint density at radius 3 is 2.71 bits per heavy atom. The van der Waals surface area contributed by atoms with Crippen LogP contribution in [0.5, 0.6) is 0 Å². The first-order valence-electron chi connectivity index (χ1n) is 6.26. The van der Waals surface area contributed by atoms with E-state index in [-0.39, 0.29) is 23.8 Å². The third kappa shape index (κ3) is 4.78. The topological polar surface area (TPSA) is 105 Å². The molecule has 1 atom stereocenters. The summed E-state index contributed by atoms with van der Waals surface area (Å²) < 4.78 is 23.2. The fraction of sp³-hybridized carbons (Fsp3) is 0.417. The number of carbonyl (C=O) groups is 2. The van der Waals surface area contributed by atoms with E-state index in [0.717, 1.165) is 0 Å². The van der Waals surface area contributed by atoms with Gasteiger partial charge >= 0.3 is 0 Å². The molecular formula is C12H14BrN3O4S. The average molecular weight is 376 g/mol. The van der Waals surface area contributed by atoms with E-state index in [1.807, 2.05) is 0 Å². The zero-order valence-electron chi connectivity index (χ0n) is 11.0. The Bertz CT molecular complexity index is 662. The first-order chi connectivity index (χ1) is 9.85. The average Bonchev–Trinajstić information content (AvgIpc) is 2.75. The Balaban J connectivity index is 1.80. The number of rotatable bonds is 3. The van der Waals surface area contributed by atoms with Crippen LogP contribution in [0, 0.1) is 5.92 Å². The molecule has 1 saturated heterocycles. The molecule has 0 saturated carbocycles. The van der Waals surface area contributed by atoms with Crippen molar-refractivity contribution in [1.82, 2.24) is 15.8 Å². The SMILES string of the molecule is O=C(C[C@H]1CCS(=O)(=O)C1)NNC(=O)c1cncc(Br)c1. The van der Waals surface area contributed by atoms with Crippen molar-refractivity contribution < 1.29 is 18.0 Å². The van der Waals surface area contributed by atoms with Gasteiger partial charge in [0.1, 0.15) is 0 Å². The lowest BCUT2D eigenvalue weighted by molar-refractivity contribution is -0.122. The Morgan fingerprint density at radius 2 is 2.10 bits per heavy atom. The maximum Gasteiger partial charge on any atom is 0.271 e. The molecule has 1 aromatic rings. The van der Waals surface area contributed by atoms with E-state index < -0.39 is 21.7 Å². The van der Waals surface area contributed by atoms with Crippen LogP contribution in [0.25, 0.3) is 0 Å². The predicted octanol–water partition coefficient (Wildman–Crippen LogP) is 0.430. The third-order valence-corrected chi connectivity index (χ3v) is 5.35. The molecule has 114 valence electrons. The van der Waals surface area contributed by atoms with Gasteiger partial charge in [0.2, 0.25) is 5.91 Å². The van der Waals surface area contributed by atoms with Gasteiger partial charge in [-0.05, 0) is 34.3 Å². The number of hydrogen-bond acceptors (Lipinski definition) is 5. The van der Waals surface area contributed by atoms with E-state index in [4.69, 9.17) is 0 Å². The second-order valence-corrected chi connectivity index (χ2v) is 8.01. The van der Waals surface area contributed by atoms with Crippen molar-refractivity contribution in [1.29, 1.82) is 0 Å². The molecule has 21 heavy (non-hydrogen) atoms. The molecule has 0 radical (unpaired) electrons. The zero-order valence-corrected chi connectivity index (χ0v) is 13.4. The van der Waals surface area contributed by atoms with Gasteiger partial charge in [-0.1, -0.05) is 0 Å². The Morgan fingerprint density at radius 1 is 1.33 bits per heavy atom. The Hall–Kier alpha value is -1.48. The summed E-state index contributed by atoms with van der Waals surface area (Å²) in [5.41, 5.74) is 4.85. The van der Waals surface area contributed by atoms with E-state index in [2.05, 4.69) is 31.8 Å². The van der Waals surface area contributed by atoms with Gasteiger partial charge in [-0.2, -0.15) is 0 Å². The minimum absolute atomic E-state index is 0.0317. The van der Waals surface area contributed by atoms with Crippen molar-refractivity contribution in [3.63, 3.8) is 0 Å². The van der Waals surface area contributed by atoms with Crippen LogP contribution in [0.15, 0.2) is 22.9 Å². The maximum absolute atomic E-state index is 11.8. The number of nitrogens with zero attached hydrogens (tertiary/aromatic N) is 1. The van der Waals surface area contributed by atoms with E-state index in [9.17, 15) is 18.0 Å². The van der Waals surface area contributed by atoms with Crippen molar-refractivity contribution in [3.05, 3.63) is 28.5 Å². The van der Waals surface area contributed by atoms with Crippen LogP contribution in [0.3, 0.4) is 0 Å². The Labute approximate surface area is 130 Å². The van der Waals surface area contributed by atoms with Crippen LogP contribution >= 0.6 is 15.9 Å². The number of halogens is 1. The van der Waals surface area contributed by atoms with Gasteiger partial charge < -0.3 is 0 Å². The number of hydrazine groups is 1. The minimum Gasteiger partial charge on any atom is -0.273 e. The van der Waals surface area contributed by atoms with Crippen LogP contribution in [0.1, 0.15) is 23.2 Å². The molecule has 2 amide bonds. The van der Waals surface area contributed by atoms with Crippen molar-refractivity contribution >= 4 is 37.6 Å². The summed E-state index contributed by atoms with van der Waals surface area (Å²) >= 11 is 3.19. The summed E-state index contributed by atoms with van der Waals surface area (Å²) in [7, 11) is -3.00. The number of amides is 2. The van der Waals surface area contributed by atoms with Crippen molar-refractivity contribution in [2.24, 2.45) is 5.92 Å². The highest BCUT2D eigenvalue weighted by Crippen LogP contribution is 2.21. The maximum atomic E-state index is 11.8. The second kappa shape index (κ2) is 6.52. The predicted molar refractivity (Wildman–Crippen MR) is 78.9 cm³/mol. The van der Waals surface area contributed by atoms with E-state index in [0.29, 0.717) is 16.5 Å². The highest BCUT2D eigenvalue weighted by molar-refractivity contribution is 9.10. The van der Waals surface area contributed by atoms with Gasteiger partial charge in [0.05, 0.1) is 17.1 Å².